The van der Waals surface area contributed by atoms with E-state index in [1.165, 1.54) is 6.20 Å². The lowest BCUT2D eigenvalue weighted by atomic mass is 10.2. The minimum Gasteiger partial charge on any atom is -0.492 e. The molecule has 1 amide bonds. The summed E-state index contributed by atoms with van der Waals surface area (Å²) in [5.41, 5.74) is 1.61. The summed E-state index contributed by atoms with van der Waals surface area (Å²) in [6.45, 7) is 2.84. The van der Waals surface area contributed by atoms with E-state index in [9.17, 15) is 4.79 Å². The molecule has 2 aromatic rings. The van der Waals surface area contributed by atoms with E-state index in [1.54, 1.807) is 12.1 Å². The van der Waals surface area contributed by atoms with E-state index in [2.05, 4.69) is 10.3 Å². The first kappa shape index (κ1) is 14.3. The first-order chi connectivity index (χ1) is 9.65. The first-order valence-electron chi connectivity index (χ1n) is 6.24. The van der Waals surface area contributed by atoms with Gasteiger partial charge in [-0.25, -0.2) is 4.98 Å². The van der Waals surface area contributed by atoms with Crippen LogP contribution in [-0.4, -0.2) is 24.0 Å². The monoisotopic (exact) mass is 290 g/mol. The fourth-order valence-electron chi connectivity index (χ4n) is 1.65. The number of carbonyl (C=O) groups excluding carboxylic acids is 1. The summed E-state index contributed by atoms with van der Waals surface area (Å²) in [6.07, 6.45) is 1.44. The predicted octanol–water partition coefficient (Wildman–Crippen LogP) is 2.85. The van der Waals surface area contributed by atoms with Crippen molar-refractivity contribution in [2.45, 2.75) is 6.92 Å². The number of halogens is 1. The first-order valence-corrected chi connectivity index (χ1v) is 6.62. The maximum absolute atomic E-state index is 11.8. The summed E-state index contributed by atoms with van der Waals surface area (Å²) in [5, 5.41) is 3.12. The molecule has 0 aliphatic rings. The van der Waals surface area contributed by atoms with Gasteiger partial charge in [-0.05, 0) is 36.8 Å². The lowest BCUT2D eigenvalue weighted by Gasteiger charge is -2.08. The smallest absolute Gasteiger partial charge is 0.252 e. The zero-order chi connectivity index (χ0) is 14.4. The summed E-state index contributed by atoms with van der Waals surface area (Å²) >= 11 is 5.66. The van der Waals surface area contributed by atoms with Crippen molar-refractivity contribution in [3.63, 3.8) is 0 Å². The maximum Gasteiger partial charge on any atom is 0.252 e. The molecule has 2 rings (SSSR count). The normalized spacial score (nSPS) is 10.1. The highest BCUT2D eigenvalue weighted by Crippen LogP contribution is 2.11. The third-order valence-corrected chi connectivity index (χ3v) is 2.86. The zero-order valence-corrected chi connectivity index (χ0v) is 11.9. The summed E-state index contributed by atoms with van der Waals surface area (Å²) in [5.74, 6) is 0.606. The van der Waals surface area contributed by atoms with Gasteiger partial charge in [0, 0.05) is 6.20 Å². The average Bonchev–Trinajstić information content (AvgIpc) is 2.44. The van der Waals surface area contributed by atoms with Crippen LogP contribution in [0.25, 0.3) is 0 Å². The molecule has 0 fully saturated rings. The molecular weight excluding hydrogens is 276 g/mol. The van der Waals surface area contributed by atoms with Crippen LogP contribution in [0.5, 0.6) is 5.75 Å². The molecule has 4 nitrogen and oxygen atoms in total. The third kappa shape index (κ3) is 4.24. The van der Waals surface area contributed by atoms with Crippen LogP contribution in [0.1, 0.15) is 15.9 Å². The van der Waals surface area contributed by atoms with Gasteiger partial charge in [-0.2, -0.15) is 0 Å². The number of carbonyl (C=O) groups is 1. The zero-order valence-electron chi connectivity index (χ0n) is 11.1. The average molecular weight is 291 g/mol. The molecule has 0 bridgehead atoms. The van der Waals surface area contributed by atoms with Crippen LogP contribution in [-0.2, 0) is 0 Å². The Kier molecular flexibility index (Phi) is 4.96. The van der Waals surface area contributed by atoms with Gasteiger partial charge in [0.1, 0.15) is 17.5 Å². The number of hydrogen-bond acceptors (Lipinski definition) is 3. The quantitative estimate of drug-likeness (QED) is 0.680. The molecule has 0 unspecified atom stereocenters. The second kappa shape index (κ2) is 6.91. The highest BCUT2D eigenvalue weighted by molar-refractivity contribution is 6.29. The SMILES string of the molecule is Cc1cccc(OCCNC(=O)c2ccc(Cl)nc2)c1. The van der Waals surface area contributed by atoms with Crippen molar-refractivity contribution in [3.8, 4) is 5.75 Å². The topological polar surface area (TPSA) is 51.2 Å². The molecule has 1 heterocycles. The summed E-state index contributed by atoms with van der Waals surface area (Å²) in [7, 11) is 0. The van der Waals surface area contributed by atoms with Gasteiger partial charge in [0.2, 0.25) is 0 Å². The van der Waals surface area contributed by atoms with Crippen molar-refractivity contribution in [2.75, 3.05) is 13.2 Å². The lowest BCUT2D eigenvalue weighted by molar-refractivity contribution is 0.0946. The summed E-state index contributed by atoms with van der Waals surface area (Å²) in [6, 6.07) is 11.0. The molecule has 104 valence electrons. The predicted molar refractivity (Wildman–Crippen MR) is 78.3 cm³/mol. The van der Waals surface area contributed by atoms with E-state index in [1.807, 2.05) is 31.2 Å². The number of nitrogens with one attached hydrogen (secondary N) is 1. The fraction of sp³-hybridized carbons (Fsp3) is 0.200. The van der Waals surface area contributed by atoms with Crippen LogP contribution in [0.3, 0.4) is 0 Å². The highest BCUT2D eigenvalue weighted by atomic mass is 35.5. The van der Waals surface area contributed by atoms with Gasteiger partial charge in [0.15, 0.2) is 0 Å². The van der Waals surface area contributed by atoms with Crippen molar-refractivity contribution in [3.05, 3.63) is 58.9 Å². The molecule has 0 aliphatic carbocycles. The summed E-state index contributed by atoms with van der Waals surface area (Å²) in [4.78, 5) is 15.6. The molecule has 0 aliphatic heterocycles. The molecule has 0 saturated heterocycles. The van der Waals surface area contributed by atoms with Gasteiger partial charge < -0.3 is 10.1 Å². The maximum atomic E-state index is 11.8. The number of aryl methyl sites for hydroxylation is 1. The second-order valence-electron chi connectivity index (χ2n) is 4.29. The number of ether oxygens (including phenoxy) is 1. The van der Waals surface area contributed by atoms with Crippen molar-refractivity contribution in [1.82, 2.24) is 10.3 Å². The fourth-order valence-corrected chi connectivity index (χ4v) is 1.76. The van der Waals surface area contributed by atoms with Gasteiger partial charge in [-0.15, -0.1) is 0 Å². The molecule has 5 heteroatoms. The number of rotatable bonds is 5. The Morgan fingerprint density at radius 2 is 2.20 bits per heavy atom. The minimum atomic E-state index is -0.193. The van der Waals surface area contributed by atoms with E-state index in [0.29, 0.717) is 23.9 Å². The molecule has 0 radical (unpaired) electrons. The van der Waals surface area contributed by atoms with Crippen LogP contribution < -0.4 is 10.1 Å². The number of pyridine rings is 1. The highest BCUT2D eigenvalue weighted by Gasteiger charge is 2.05. The van der Waals surface area contributed by atoms with Gasteiger partial charge in [-0.3, -0.25) is 4.79 Å². The molecule has 0 atom stereocenters. The molecule has 1 aromatic carbocycles. The van der Waals surface area contributed by atoms with E-state index in [-0.39, 0.29) is 5.91 Å². The van der Waals surface area contributed by atoms with Crippen LogP contribution in [0.15, 0.2) is 42.6 Å². The molecule has 1 aromatic heterocycles. The molecular formula is C15H15ClN2O2. The molecule has 20 heavy (non-hydrogen) atoms. The molecule has 0 spiro atoms. The van der Waals surface area contributed by atoms with Crippen molar-refractivity contribution in [2.24, 2.45) is 0 Å². The van der Waals surface area contributed by atoms with E-state index in [4.69, 9.17) is 16.3 Å². The number of nitrogens with zero attached hydrogens (tertiary/aromatic N) is 1. The summed E-state index contributed by atoms with van der Waals surface area (Å²) < 4.78 is 5.54. The Labute approximate surface area is 122 Å². The lowest BCUT2D eigenvalue weighted by Crippen LogP contribution is -2.28. The van der Waals surface area contributed by atoms with Crippen LogP contribution in [0.4, 0.5) is 0 Å². The standard InChI is InChI=1S/C15H15ClN2O2/c1-11-3-2-4-13(9-11)20-8-7-17-15(19)12-5-6-14(16)18-10-12/h2-6,9-10H,7-8H2,1H3,(H,17,19). The van der Waals surface area contributed by atoms with Crippen LogP contribution in [0, 0.1) is 6.92 Å². The number of aromatic nitrogens is 1. The number of hydrogen-bond donors (Lipinski definition) is 1. The largest absolute Gasteiger partial charge is 0.492 e. The van der Waals surface area contributed by atoms with Gasteiger partial charge in [0.25, 0.3) is 5.91 Å². The van der Waals surface area contributed by atoms with Crippen molar-refractivity contribution >= 4 is 17.5 Å². The van der Waals surface area contributed by atoms with Crippen LogP contribution >= 0.6 is 11.6 Å². The number of amides is 1. The number of benzene rings is 1. The molecule has 1 N–H and O–H groups in total. The molecule has 0 saturated carbocycles. The van der Waals surface area contributed by atoms with Gasteiger partial charge >= 0.3 is 0 Å². The van der Waals surface area contributed by atoms with Gasteiger partial charge in [-0.1, -0.05) is 23.7 Å². The van der Waals surface area contributed by atoms with E-state index in [0.717, 1.165) is 11.3 Å². The van der Waals surface area contributed by atoms with Gasteiger partial charge in [0.05, 0.1) is 12.1 Å². The minimum absolute atomic E-state index is 0.193. The Hall–Kier alpha value is -2.07. The third-order valence-electron chi connectivity index (χ3n) is 2.64. The Bertz CT molecular complexity index is 585. The Morgan fingerprint density at radius 3 is 2.90 bits per heavy atom. The Balaban J connectivity index is 1.76. The van der Waals surface area contributed by atoms with Crippen LogP contribution in [0.2, 0.25) is 5.15 Å². The van der Waals surface area contributed by atoms with Crippen molar-refractivity contribution in [1.29, 1.82) is 0 Å². The second-order valence-corrected chi connectivity index (χ2v) is 4.68. The Morgan fingerprint density at radius 1 is 1.35 bits per heavy atom. The van der Waals surface area contributed by atoms with E-state index >= 15 is 0 Å². The van der Waals surface area contributed by atoms with E-state index < -0.39 is 0 Å². The van der Waals surface area contributed by atoms with Crippen molar-refractivity contribution < 1.29 is 9.53 Å².